The summed E-state index contributed by atoms with van der Waals surface area (Å²) in [6.07, 6.45) is 1.07. The molecule has 6 nitrogen and oxygen atoms in total. The molecule has 0 atom stereocenters. The van der Waals surface area contributed by atoms with E-state index in [1.165, 1.54) is 6.07 Å². The van der Waals surface area contributed by atoms with Crippen LogP contribution in [0.1, 0.15) is 0 Å². The van der Waals surface area contributed by atoms with E-state index in [9.17, 15) is 8.42 Å². The molecule has 0 bridgehead atoms. The molecule has 0 amide bonds. The zero-order valence-corrected chi connectivity index (χ0v) is 12.0. The standard InChI is InChI=1S/C9H6BrClN4O2S/c10-8-5-7(6-14-9(8)11)18(16,17)15(3-1-12)4-2-13/h5-6H,3-4H2. The highest BCUT2D eigenvalue weighted by Gasteiger charge is 2.25. The molecule has 0 aliphatic carbocycles. The van der Waals surface area contributed by atoms with Crippen LogP contribution in [0, 0.1) is 22.7 Å². The Bertz CT molecular complexity index is 619. The number of halogens is 2. The number of sulfonamides is 1. The summed E-state index contributed by atoms with van der Waals surface area (Å²) in [5, 5.41) is 17.2. The molecule has 1 rings (SSSR count). The maximum absolute atomic E-state index is 12.1. The van der Waals surface area contributed by atoms with Gasteiger partial charge in [-0.05, 0) is 22.0 Å². The van der Waals surface area contributed by atoms with E-state index in [1.807, 2.05) is 0 Å². The number of aromatic nitrogens is 1. The van der Waals surface area contributed by atoms with Gasteiger partial charge in [0, 0.05) is 6.20 Å². The summed E-state index contributed by atoms with van der Waals surface area (Å²) in [4.78, 5) is 3.56. The molecule has 0 saturated carbocycles. The van der Waals surface area contributed by atoms with Crippen molar-refractivity contribution in [3.8, 4) is 12.1 Å². The number of pyridine rings is 1. The van der Waals surface area contributed by atoms with Crippen molar-refractivity contribution >= 4 is 37.6 Å². The topological polar surface area (TPSA) is 97.9 Å². The van der Waals surface area contributed by atoms with Gasteiger partial charge in [-0.25, -0.2) is 13.4 Å². The molecule has 1 aromatic rings. The van der Waals surface area contributed by atoms with Crippen molar-refractivity contribution in [3.05, 3.63) is 21.9 Å². The quantitative estimate of drug-likeness (QED) is 0.606. The molecule has 0 N–H and O–H groups in total. The Hall–Kier alpha value is -1.19. The summed E-state index contributed by atoms with van der Waals surface area (Å²) in [6.45, 7) is -0.813. The zero-order chi connectivity index (χ0) is 13.8. The van der Waals surface area contributed by atoms with Crippen LogP contribution in [0.2, 0.25) is 5.15 Å². The SMILES string of the molecule is N#CCN(CC#N)S(=O)(=O)c1cnc(Cl)c(Br)c1. The van der Waals surface area contributed by atoms with Gasteiger partial charge in [-0.2, -0.15) is 14.8 Å². The zero-order valence-electron chi connectivity index (χ0n) is 8.84. The van der Waals surface area contributed by atoms with Gasteiger partial charge < -0.3 is 0 Å². The lowest BCUT2D eigenvalue weighted by Crippen LogP contribution is -2.32. The Balaban J connectivity index is 3.23. The van der Waals surface area contributed by atoms with Gasteiger partial charge in [-0.1, -0.05) is 11.6 Å². The van der Waals surface area contributed by atoms with E-state index in [1.54, 1.807) is 12.1 Å². The van der Waals surface area contributed by atoms with E-state index in [4.69, 9.17) is 22.1 Å². The Morgan fingerprint density at radius 2 is 1.94 bits per heavy atom. The molecular formula is C9H6BrClN4O2S. The lowest BCUT2D eigenvalue weighted by molar-refractivity contribution is 0.479. The van der Waals surface area contributed by atoms with Crippen molar-refractivity contribution < 1.29 is 8.42 Å². The monoisotopic (exact) mass is 348 g/mol. The first-order valence-corrected chi connectivity index (χ1v) is 7.09. The molecule has 0 aromatic carbocycles. The molecule has 1 heterocycles. The molecule has 0 spiro atoms. The van der Waals surface area contributed by atoms with Crippen LogP contribution in [0.25, 0.3) is 0 Å². The summed E-state index contributed by atoms with van der Waals surface area (Å²) in [5.74, 6) is 0. The van der Waals surface area contributed by atoms with Crippen molar-refractivity contribution in [2.24, 2.45) is 0 Å². The minimum Gasteiger partial charge on any atom is -0.242 e. The Morgan fingerprint density at radius 3 is 2.39 bits per heavy atom. The molecule has 18 heavy (non-hydrogen) atoms. The van der Waals surface area contributed by atoms with E-state index in [0.717, 1.165) is 10.5 Å². The average molecular weight is 350 g/mol. The summed E-state index contributed by atoms with van der Waals surface area (Å²) < 4.78 is 25.3. The van der Waals surface area contributed by atoms with Gasteiger partial charge in [0.1, 0.15) is 23.1 Å². The predicted molar refractivity (Wildman–Crippen MR) is 66.9 cm³/mol. The second-order valence-corrected chi connectivity index (χ2v) is 6.18. The van der Waals surface area contributed by atoms with Crippen LogP contribution < -0.4 is 0 Å². The number of rotatable bonds is 4. The predicted octanol–water partition coefficient (Wildman–Crippen LogP) is 1.54. The number of nitrogens with zero attached hydrogens (tertiary/aromatic N) is 4. The van der Waals surface area contributed by atoms with E-state index >= 15 is 0 Å². The van der Waals surface area contributed by atoms with Crippen molar-refractivity contribution in [3.63, 3.8) is 0 Å². The fourth-order valence-electron chi connectivity index (χ4n) is 1.08. The van der Waals surface area contributed by atoms with E-state index in [-0.39, 0.29) is 10.0 Å². The number of hydrogen-bond donors (Lipinski definition) is 0. The van der Waals surface area contributed by atoms with E-state index in [2.05, 4.69) is 20.9 Å². The van der Waals surface area contributed by atoms with Crippen molar-refractivity contribution in [2.75, 3.05) is 13.1 Å². The lowest BCUT2D eigenvalue weighted by atomic mass is 10.5. The van der Waals surface area contributed by atoms with Crippen LogP contribution in [0.3, 0.4) is 0 Å². The Labute approximate surface area is 118 Å². The van der Waals surface area contributed by atoms with Gasteiger partial charge in [-0.15, -0.1) is 0 Å². The second kappa shape index (κ2) is 6.12. The normalized spacial score (nSPS) is 10.9. The van der Waals surface area contributed by atoms with Crippen molar-refractivity contribution in [2.45, 2.75) is 4.90 Å². The van der Waals surface area contributed by atoms with E-state index in [0.29, 0.717) is 4.47 Å². The average Bonchev–Trinajstić information content (AvgIpc) is 2.32. The first kappa shape index (κ1) is 14.9. The molecule has 9 heteroatoms. The first-order chi connectivity index (χ1) is 8.43. The van der Waals surface area contributed by atoms with Gasteiger partial charge in [0.05, 0.1) is 16.6 Å². The summed E-state index contributed by atoms with van der Waals surface area (Å²) in [5.41, 5.74) is 0. The molecule has 0 saturated heterocycles. The van der Waals surface area contributed by atoms with Crippen LogP contribution in [0.15, 0.2) is 21.6 Å². The second-order valence-electron chi connectivity index (χ2n) is 3.03. The van der Waals surface area contributed by atoms with E-state index < -0.39 is 23.1 Å². The minimum atomic E-state index is -3.93. The largest absolute Gasteiger partial charge is 0.246 e. The molecule has 0 unspecified atom stereocenters. The van der Waals surface area contributed by atoms with Crippen LogP contribution in [0.4, 0.5) is 0 Å². The highest BCUT2D eigenvalue weighted by Crippen LogP contribution is 2.24. The van der Waals surface area contributed by atoms with Gasteiger partial charge >= 0.3 is 0 Å². The first-order valence-electron chi connectivity index (χ1n) is 4.48. The molecule has 0 aliphatic heterocycles. The third-order valence-electron chi connectivity index (χ3n) is 1.90. The fourth-order valence-corrected chi connectivity index (χ4v) is 2.89. The highest BCUT2D eigenvalue weighted by atomic mass is 79.9. The lowest BCUT2D eigenvalue weighted by Gasteiger charge is -2.15. The van der Waals surface area contributed by atoms with Crippen LogP contribution >= 0.6 is 27.5 Å². The third kappa shape index (κ3) is 3.18. The maximum atomic E-state index is 12.1. The molecule has 1 aromatic heterocycles. The molecule has 0 radical (unpaired) electrons. The highest BCUT2D eigenvalue weighted by molar-refractivity contribution is 9.10. The molecule has 0 fully saturated rings. The van der Waals surface area contributed by atoms with Gasteiger partial charge in [0.2, 0.25) is 10.0 Å². The Kier molecular flexibility index (Phi) is 5.05. The summed E-state index contributed by atoms with van der Waals surface area (Å²) in [7, 11) is -3.93. The maximum Gasteiger partial charge on any atom is 0.246 e. The van der Waals surface area contributed by atoms with Crippen LogP contribution in [0.5, 0.6) is 0 Å². The Morgan fingerprint density at radius 1 is 1.39 bits per heavy atom. The minimum absolute atomic E-state index is 0.126. The molecule has 0 aliphatic rings. The van der Waals surface area contributed by atoms with Gasteiger partial charge in [-0.3, -0.25) is 0 Å². The third-order valence-corrected chi connectivity index (χ3v) is 4.79. The fraction of sp³-hybridized carbons (Fsp3) is 0.222. The van der Waals surface area contributed by atoms with Gasteiger partial charge in [0.15, 0.2) is 0 Å². The molecular weight excluding hydrogens is 344 g/mol. The number of nitriles is 2. The smallest absolute Gasteiger partial charge is 0.242 e. The summed E-state index contributed by atoms with van der Waals surface area (Å²) >= 11 is 8.72. The van der Waals surface area contributed by atoms with Crippen LogP contribution in [-0.2, 0) is 10.0 Å². The van der Waals surface area contributed by atoms with Crippen LogP contribution in [-0.4, -0.2) is 30.8 Å². The van der Waals surface area contributed by atoms with Crippen molar-refractivity contribution in [1.82, 2.24) is 9.29 Å². The van der Waals surface area contributed by atoms with Crippen molar-refractivity contribution in [1.29, 1.82) is 10.5 Å². The number of hydrogen-bond acceptors (Lipinski definition) is 5. The summed E-state index contributed by atoms with van der Waals surface area (Å²) in [6, 6.07) is 4.65. The van der Waals surface area contributed by atoms with Gasteiger partial charge in [0.25, 0.3) is 0 Å². The molecule has 94 valence electrons.